The minimum Gasteiger partial charge on any atom is -0.424 e. The van der Waals surface area contributed by atoms with Gasteiger partial charge in [-0.2, -0.15) is 0 Å². The Labute approximate surface area is 142 Å². The summed E-state index contributed by atoms with van der Waals surface area (Å²) < 4.78 is 4.91. The van der Waals surface area contributed by atoms with Crippen LogP contribution in [0.25, 0.3) is 0 Å². The number of allylic oxidation sites excluding steroid dienone is 5. The van der Waals surface area contributed by atoms with Crippen LogP contribution in [-0.4, -0.2) is 5.97 Å². The first kappa shape index (κ1) is 19.5. The predicted octanol–water partition coefficient (Wildman–Crippen LogP) is 6.41. The van der Waals surface area contributed by atoms with Crippen LogP contribution >= 0.6 is 0 Å². The molecule has 1 heterocycles. The van der Waals surface area contributed by atoms with E-state index in [9.17, 15) is 4.79 Å². The van der Waals surface area contributed by atoms with E-state index in [2.05, 4.69) is 37.8 Å². The highest BCUT2D eigenvalue weighted by Gasteiger charge is 2.18. The molecule has 2 heteroatoms. The van der Waals surface area contributed by atoms with Gasteiger partial charge in [0.05, 0.1) is 0 Å². The van der Waals surface area contributed by atoms with Gasteiger partial charge < -0.3 is 4.74 Å². The second-order valence-corrected chi connectivity index (χ2v) is 6.15. The smallest absolute Gasteiger partial charge is 0.339 e. The van der Waals surface area contributed by atoms with Gasteiger partial charge in [0, 0.05) is 5.57 Å². The molecule has 1 aliphatic heterocycles. The van der Waals surface area contributed by atoms with E-state index in [0.717, 1.165) is 24.8 Å². The lowest BCUT2D eigenvalue weighted by molar-refractivity contribution is -0.133. The topological polar surface area (TPSA) is 26.3 Å². The van der Waals surface area contributed by atoms with E-state index in [4.69, 9.17) is 4.74 Å². The van der Waals surface area contributed by atoms with Gasteiger partial charge in [-0.1, -0.05) is 69.9 Å². The van der Waals surface area contributed by atoms with E-state index in [1.807, 2.05) is 0 Å². The van der Waals surface area contributed by atoms with Crippen LogP contribution in [-0.2, 0) is 9.53 Å². The zero-order valence-corrected chi connectivity index (χ0v) is 14.7. The Morgan fingerprint density at radius 3 is 2.26 bits per heavy atom. The summed E-state index contributed by atoms with van der Waals surface area (Å²) in [6.07, 6.45) is 23.8. The number of hydrogen-bond acceptors (Lipinski definition) is 2. The Morgan fingerprint density at radius 1 is 0.957 bits per heavy atom. The van der Waals surface area contributed by atoms with E-state index in [1.165, 1.54) is 51.4 Å². The summed E-state index contributed by atoms with van der Waals surface area (Å²) in [5, 5.41) is 0. The second kappa shape index (κ2) is 12.9. The largest absolute Gasteiger partial charge is 0.424 e. The van der Waals surface area contributed by atoms with E-state index in [0.29, 0.717) is 5.76 Å². The highest BCUT2D eigenvalue weighted by atomic mass is 16.5. The fourth-order valence-corrected chi connectivity index (χ4v) is 2.58. The summed E-state index contributed by atoms with van der Waals surface area (Å²) in [6, 6.07) is 0. The Morgan fingerprint density at radius 2 is 1.61 bits per heavy atom. The normalized spacial score (nSPS) is 14.9. The highest BCUT2D eigenvalue weighted by Crippen LogP contribution is 2.21. The number of carbonyl (C=O) groups excluding carboxylic acids is 1. The van der Waals surface area contributed by atoms with Gasteiger partial charge in [0.25, 0.3) is 0 Å². The third-order valence-corrected chi connectivity index (χ3v) is 3.97. The summed E-state index contributed by atoms with van der Waals surface area (Å²) in [5.74, 6) is 0.279. The molecular formula is C21H32O2. The van der Waals surface area contributed by atoms with Crippen LogP contribution in [0.4, 0.5) is 0 Å². The zero-order valence-electron chi connectivity index (χ0n) is 14.7. The van der Waals surface area contributed by atoms with Crippen LogP contribution in [0.15, 0.2) is 48.3 Å². The van der Waals surface area contributed by atoms with Crippen LogP contribution in [0.3, 0.4) is 0 Å². The van der Waals surface area contributed by atoms with Gasteiger partial charge in [0.2, 0.25) is 0 Å². The van der Waals surface area contributed by atoms with Crippen molar-refractivity contribution in [2.24, 2.45) is 0 Å². The molecule has 0 aliphatic carbocycles. The Hall–Kier alpha value is -1.57. The van der Waals surface area contributed by atoms with Gasteiger partial charge in [-0.15, -0.1) is 0 Å². The number of unbranched alkanes of at least 4 members (excludes halogenated alkanes) is 7. The molecule has 0 aromatic carbocycles. The minimum atomic E-state index is -0.205. The van der Waals surface area contributed by atoms with Crippen LogP contribution in [0, 0.1) is 0 Å². The third-order valence-electron chi connectivity index (χ3n) is 3.97. The zero-order chi connectivity index (χ0) is 16.8. The lowest BCUT2D eigenvalue weighted by atomic mass is 10.1. The molecule has 128 valence electrons. The van der Waals surface area contributed by atoms with E-state index in [1.54, 1.807) is 6.08 Å². The SMILES string of the molecule is C=C1C=C(CCCCCCC/C=C\C/C=C\CCCC)C(=O)O1. The molecule has 1 rings (SSSR count). The number of ether oxygens (including phenoxy) is 1. The van der Waals surface area contributed by atoms with Gasteiger partial charge in [-0.3, -0.25) is 0 Å². The number of esters is 1. The summed E-state index contributed by atoms with van der Waals surface area (Å²) in [6.45, 7) is 5.87. The fourth-order valence-electron chi connectivity index (χ4n) is 2.58. The molecular weight excluding hydrogens is 284 g/mol. The van der Waals surface area contributed by atoms with Crippen molar-refractivity contribution in [3.63, 3.8) is 0 Å². The molecule has 0 aromatic heterocycles. The molecule has 0 spiro atoms. The summed E-state index contributed by atoms with van der Waals surface area (Å²) >= 11 is 0. The Bertz CT molecular complexity index is 441. The number of hydrogen-bond donors (Lipinski definition) is 0. The van der Waals surface area contributed by atoms with Crippen molar-refractivity contribution in [2.45, 2.75) is 77.6 Å². The van der Waals surface area contributed by atoms with Crippen molar-refractivity contribution in [1.29, 1.82) is 0 Å². The number of carbonyl (C=O) groups is 1. The molecule has 23 heavy (non-hydrogen) atoms. The lowest BCUT2D eigenvalue weighted by Gasteiger charge is -2.00. The Balaban J connectivity index is 1.88. The van der Waals surface area contributed by atoms with Crippen molar-refractivity contribution < 1.29 is 9.53 Å². The van der Waals surface area contributed by atoms with Gasteiger partial charge in [0.15, 0.2) is 0 Å². The monoisotopic (exact) mass is 316 g/mol. The summed E-state index contributed by atoms with van der Waals surface area (Å²) in [5.41, 5.74) is 0.782. The number of rotatable bonds is 13. The van der Waals surface area contributed by atoms with Crippen molar-refractivity contribution in [3.05, 3.63) is 48.3 Å². The minimum absolute atomic E-state index is 0.205. The quantitative estimate of drug-likeness (QED) is 0.223. The van der Waals surface area contributed by atoms with Crippen LogP contribution < -0.4 is 0 Å². The first-order valence-electron chi connectivity index (χ1n) is 9.15. The fraction of sp³-hybridized carbons (Fsp3) is 0.571. The molecule has 0 bridgehead atoms. The Kier molecular flexibility index (Phi) is 10.9. The van der Waals surface area contributed by atoms with Crippen LogP contribution in [0.5, 0.6) is 0 Å². The van der Waals surface area contributed by atoms with E-state index < -0.39 is 0 Å². The summed E-state index contributed by atoms with van der Waals surface area (Å²) in [7, 11) is 0. The van der Waals surface area contributed by atoms with Crippen LogP contribution in [0.1, 0.15) is 77.6 Å². The second-order valence-electron chi connectivity index (χ2n) is 6.15. The van der Waals surface area contributed by atoms with Crippen molar-refractivity contribution in [3.8, 4) is 0 Å². The maximum absolute atomic E-state index is 11.4. The molecule has 0 fully saturated rings. The molecule has 2 nitrogen and oxygen atoms in total. The lowest BCUT2D eigenvalue weighted by Crippen LogP contribution is -1.98. The first-order valence-corrected chi connectivity index (χ1v) is 9.15. The number of cyclic esters (lactones) is 1. The average Bonchev–Trinajstić information content (AvgIpc) is 2.85. The third kappa shape index (κ3) is 9.93. The maximum atomic E-state index is 11.4. The molecule has 0 amide bonds. The molecule has 0 radical (unpaired) electrons. The van der Waals surface area contributed by atoms with Crippen molar-refractivity contribution in [2.75, 3.05) is 0 Å². The highest BCUT2D eigenvalue weighted by molar-refractivity contribution is 5.92. The van der Waals surface area contributed by atoms with Gasteiger partial charge in [-0.05, 0) is 44.6 Å². The standard InChI is InChI=1S/C21H32O2/c1-3-4-5-6-7-8-9-10-11-12-13-14-15-16-17-20-18-19(2)23-21(20)22/h6-7,9-10,18H,2-5,8,11-17H2,1H3/b7-6-,10-9-. The van der Waals surface area contributed by atoms with Gasteiger partial charge in [-0.25, -0.2) is 4.79 Å². The van der Waals surface area contributed by atoms with Crippen molar-refractivity contribution >= 4 is 5.97 Å². The summed E-state index contributed by atoms with van der Waals surface area (Å²) in [4.78, 5) is 11.4. The first-order chi connectivity index (χ1) is 11.2. The van der Waals surface area contributed by atoms with E-state index in [-0.39, 0.29) is 5.97 Å². The maximum Gasteiger partial charge on any atom is 0.339 e. The van der Waals surface area contributed by atoms with Crippen molar-refractivity contribution in [1.82, 2.24) is 0 Å². The van der Waals surface area contributed by atoms with E-state index >= 15 is 0 Å². The van der Waals surface area contributed by atoms with Gasteiger partial charge in [0.1, 0.15) is 5.76 Å². The molecule has 0 atom stereocenters. The predicted molar refractivity (Wildman–Crippen MR) is 98.1 cm³/mol. The van der Waals surface area contributed by atoms with Gasteiger partial charge >= 0.3 is 5.97 Å². The molecule has 0 N–H and O–H groups in total. The molecule has 0 aromatic rings. The molecule has 1 aliphatic rings. The molecule has 0 saturated heterocycles. The average molecular weight is 316 g/mol. The molecule has 0 saturated carbocycles. The van der Waals surface area contributed by atoms with Crippen LogP contribution in [0.2, 0.25) is 0 Å². The molecule has 0 unspecified atom stereocenters.